The maximum Gasteiger partial charge on any atom is 0.416 e. The Morgan fingerprint density at radius 1 is 1.03 bits per heavy atom. The maximum absolute atomic E-state index is 13.1. The predicted molar refractivity (Wildman–Crippen MR) is 115 cm³/mol. The van der Waals surface area contributed by atoms with E-state index < -0.39 is 23.7 Å². The number of amides is 1. The number of hydrogen-bond acceptors (Lipinski definition) is 5. The topological polar surface area (TPSA) is 65.1 Å². The van der Waals surface area contributed by atoms with Gasteiger partial charge in [-0.2, -0.15) is 0 Å². The zero-order chi connectivity index (χ0) is 22.1. The Bertz CT molecular complexity index is 905. The predicted octanol–water partition coefficient (Wildman–Crippen LogP) is 4.42. The number of nitrogens with zero attached hydrogens (tertiary/aromatic N) is 1. The normalized spacial score (nSPS) is 11.5. The molecule has 0 bridgehead atoms. The van der Waals surface area contributed by atoms with Crippen LogP contribution >= 0.6 is 0 Å². The first kappa shape index (κ1) is 22.8. The summed E-state index contributed by atoms with van der Waals surface area (Å²) in [5, 5.41) is 0. The Balaban J connectivity index is 2.53. The molecule has 2 aromatic carbocycles. The van der Waals surface area contributed by atoms with Gasteiger partial charge in [-0.25, -0.2) is 9.59 Å². The number of esters is 1. The zero-order valence-electron chi connectivity index (χ0n) is 18.0. The largest absolute Gasteiger partial charge is 0.497 e. The van der Waals surface area contributed by atoms with Crippen LogP contribution in [0.2, 0.25) is 0 Å². The second-order valence-corrected chi connectivity index (χ2v) is 7.34. The molecular formula is C24H27NO5. The zero-order valence-corrected chi connectivity index (χ0v) is 18.0. The molecular weight excluding hydrogens is 382 g/mol. The molecule has 0 N–H and O–H groups in total. The molecule has 158 valence electrons. The van der Waals surface area contributed by atoms with E-state index in [4.69, 9.17) is 14.2 Å². The first-order valence-electron chi connectivity index (χ1n) is 9.64. The van der Waals surface area contributed by atoms with Crippen molar-refractivity contribution in [3.05, 3.63) is 60.2 Å². The number of anilines is 1. The highest BCUT2D eigenvalue weighted by Crippen LogP contribution is 2.24. The smallest absolute Gasteiger partial charge is 0.416 e. The van der Waals surface area contributed by atoms with E-state index in [-0.39, 0.29) is 6.61 Å². The van der Waals surface area contributed by atoms with Gasteiger partial charge in [0, 0.05) is 11.3 Å². The second kappa shape index (κ2) is 10.4. The van der Waals surface area contributed by atoms with Crippen molar-refractivity contribution in [3.8, 4) is 17.6 Å². The Morgan fingerprint density at radius 2 is 1.67 bits per heavy atom. The molecule has 1 unspecified atom stereocenters. The number of carbonyl (C=O) groups is 2. The monoisotopic (exact) mass is 409 g/mol. The van der Waals surface area contributed by atoms with Crippen molar-refractivity contribution >= 4 is 17.7 Å². The number of benzene rings is 2. The fourth-order valence-electron chi connectivity index (χ4n) is 2.54. The Hall–Kier alpha value is -3.46. The molecule has 0 aliphatic heterocycles. The summed E-state index contributed by atoms with van der Waals surface area (Å²) in [6.07, 6.45) is -0.701. The maximum atomic E-state index is 13.1. The lowest BCUT2D eigenvalue weighted by Crippen LogP contribution is -2.47. The molecule has 6 heteroatoms. The van der Waals surface area contributed by atoms with Crippen molar-refractivity contribution in [3.63, 3.8) is 0 Å². The molecule has 0 heterocycles. The average molecular weight is 409 g/mol. The standard InChI is InChI=1S/C24H27NO5/c1-6-29-22(26)21(17-12-18-10-8-7-9-11-18)25(23(27)30-24(2,3)4)19-13-15-20(28-5)16-14-19/h7-11,13-16,21H,6H2,1-5H3. The van der Waals surface area contributed by atoms with Gasteiger partial charge in [-0.1, -0.05) is 30.0 Å². The van der Waals surface area contributed by atoms with Gasteiger partial charge < -0.3 is 14.2 Å². The first-order valence-corrected chi connectivity index (χ1v) is 9.64. The molecule has 2 aromatic rings. The molecule has 0 aromatic heterocycles. The fourth-order valence-corrected chi connectivity index (χ4v) is 2.54. The van der Waals surface area contributed by atoms with Crippen molar-refractivity contribution < 1.29 is 23.8 Å². The van der Waals surface area contributed by atoms with E-state index >= 15 is 0 Å². The summed E-state index contributed by atoms with van der Waals surface area (Å²) >= 11 is 0. The number of methoxy groups -OCH3 is 1. The van der Waals surface area contributed by atoms with Crippen LogP contribution in [0.5, 0.6) is 5.75 Å². The number of hydrogen-bond donors (Lipinski definition) is 0. The van der Waals surface area contributed by atoms with Gasteiger partial charge in [0.1, 0.15) is 11.4 Å². The van der Waals surface area contributed by atoms with Crippen LogP contribution in [0.25, 0.3) is 0 Å². The van der Waals surface area contributed by atoms with E-state index in [0.29, 0.717) is 17.0 Å². The molecule has 6 nitrogen and oxygen atoms in total. The van der Waals surface area contributed by atoms with Crippen LogP contribution in [0.4, 0.5) is 10.5 Å². The van der Waals surface area contributed by atoms with Gasteiger partial charge in [0.25, 0.3) is 0 Å². The third-order valence-electron chi connectivity index (χ3n) is 3.84. The number of ether oxygens (including phenoxy) is 3. The fraction of sp³-hybridized carbons (Fsp3) is 0.333. The van der Waals surface area contributed by atoms with Gasteiger partial charge in [-0.3, -0.25) is 4.90 Å². The average Bonchev–Trinajstić information content (AvgIpc) is 2.70. The molecule has 0 aliphatic rings. The lowest BCUT2D eigenvalue weighted by Gasteiger charge is -2.30. The minimum atomic E-state index is -1.19. The summed E-state index contributed by atoms with van der Waals surface area (Å²) in [6.45, 7) is 7.13. The van der Waals surface area contributed by atoms with Crippen LogP contribution in [0.15, 0.2) is 54.6 Å². The summed E-state index contributed by atoms with van der Waals surface area (Å²) < 4.78 is 15.9. The second-order valence-electron chi connectivity index (χ2n) is 7.34. The van der Waals surface area contributed by atoms with Gasteiger partial charge in [0.05, 0.1) is 13.7 Å². The van der Waals surface area contributed by atoms with E-state index in [1.807, 2.05) is 30.3 Å². The molecule has 1 amide bonds. The highest BCUT2D eigenvalue weighted by Gasteiger charge is 2.34. The molecule has 30 heavy (non-hydrogen) atoms. The Morgan fingerprint density at radius 3 is 2.20 bits per heavy atom. The lowest BCUT2D eigenvalue weighted by molar-refractivity contribution is -0.143. The molecule has 0 radical (unpaired) electrons. The first-order chi connectivity index (χ1) is 14.2. The Kier molecular flexibility index (Phi) is 7.88. The third kappa shape index (κ3) is 6.56. The number of rotatable bonds is 5. The molecule has 0 fully saturated rings. The third-order valence-corrected chi connectivity index (χ3v) is 3.84. The van der Waals surface area contributed by atoms with Crippen molar-refractivity contribution in [2.24, 2.45) is 0 Å². The van der Waals surface area contributed by atoms with Gasteiger partial charge in [-0.05, 0) is 64.1 Å². The highest BCUT2D eigenvalue weighted by molar-refractivity contribution is 5.98. The van der Waals surface area contributed by atoms with E-state index in [9.17, 15) is 9.59 Å². The minimum absolute atomic E-state index is 0.160. The molecule has 0 saturated carbocycles. The van der Waals surface area contributed by atoms with Crippen LogP contribution < -0.4 is 9.64 Å². The van der Waals surface area contributed by atoms with E-state index in [2.05, 4.69) is 11.8 Å². The van der Waals surface area contributed by atoms with Crippen LogP contribution in [-0.2, 0) is 14.3 Å². The van der Waals surface area contributed by atoms with Crippen LogP contribution in [0, 0.1) is 11.8 Å². The molecule has 0 saturated heterocycles. The minimum Gasteiger partial charge on any atom is -0.497 e. The summed E-state index contributed by atoms with van der Waals surface area (Å²) in [5.74, 6) is 5.81. The summed E-state index contributed by atoms with van der Waals surface area (Å²) in [7, 11) is 1.55. The van der Waals surface area contributed by atoms with Gasteiger partial charge in [0.2, 0.25) is 0 Å². The quantitative estimate of drug-likeness (QED) is 0.540. The Labute approximate surface area is 177 Å². The van der Waals surface area contributed by atoms with Gasteiger partial charge >= 0.3 is 12.1 Å². The molecule has 2 rings (SSSR count). The van der Waals surface area contributed by atoms with Gasteiger partial charge in [0.15, 0.2) is 6.04 Å². The summed E-state index contributed by atoms with van der Waals surface area (Å²) in [6, 6.07) is 14.7. The van der Waals surface area contributed by atoms with Crippen molar-refractivity contribution in [2.45, 2.75) is 39.3 Å². The van der Waals surface area contributed by atoms with Crippen LogP contribution in [0.1, 0.15) is 33.3 Å². The SMILES string of the molecule is CCOC(=O)C(C#Cc1ccccc1)N(C(=O)OC(C)(C)C)c1ccc(OC)cc1. The molecule has 1 atom stereocenters. The highest BCUT2D eigenvalue weighted by atomic mass is 16.6. The molecule has 0 aliphatic carbocycles. The summed E-state index contributed by atoms with van der Waals surface area (Å²) in [5.41, 5.74) is 0.393. The van der Waals surface area contributed by atoms with Crippen molar-refractivity contribution in [2.75, 3.05) is 18.6 Å². The molecule has 0 spiro atoms. The van der Waals surface area contributed by atoms with Crippen LogP contribution in [0.3, 0.4) is 0 Å². The number of carbonyl (C=O) groups excluding carboxylic acids is 2. The van der Waals surface area contributed by atoms with Crippen molar-refractivity contribution in [1.82, 2.24) is 0 Å². The van der Waals surface area contributed by atoms with E-state index in [1.165, 1.54) is 4.90 Å². The summed E-state index contributed by atoms with van der Waals surface area (Å²) in [4.78, 5) is 27.1. The van der Waals surface area contributed by atoms with E-state index in [1.54, 1.807) is 59.1 Å². The van der Waals surface area contributed by atoms with E-state index in [0.717, 1.165) is 0 Å². The van der Waals surface area contributed by atoms with Gasteiger partial charge in [-0.15, -0.1) is 0 Å². The lowest BCUT2D eigenvalue weighted by atomic mass is 10.1. The van der Waals surface area contributed by atoms with Crippen molar-refractivity contribution in [1.29, 1.82) is 0 Å². The van der Waals surface area contributed by atoms with Crippen LogP contribution in [-0.4, -0.2) is 37.4 Å².